The Morgan fingerprint density at radius 2 is 1.90 bits per heavy atom. The van der Waals surface area contributed by atoms with Crippen LogP contribution in [-0.4, -0.2) is 24.0 Å². The first kappa shape index (κ1) is 16.6. The Hall–Kier alpha value is -0.720. The lowest BCUT2D eigenvalue weighted by Gasteiger charge is -2.27. The second-order valence-electron chi connectivity index (χ2n) is 6.21. The normalized spacial score (nSPS) is 16.9. The first-order valence-corrected chi connectivity index (χ1v) is 7.73. The molecule has 0 amide bonds. The van der Waals surface area contributed by atoms with Crippen molar-refractivity contribution in [3.05, 3.63) is 29.3 Å². The van der Waals surface area contributed by atoms with Crippen molar-refractivity contribution >= 4 is 11.8 Å². The van der Waals surface area contributed by atoms with E-state index in [4.69, 9.17) is 4.74 Å². The van der Waals surface area contributed by atoms with Crippen LogP contribution in [0, 0.1) is 0 Å². The van der Waals surface area contributed by atoms with E-state index in [1.54, 1.807) is 12.1 Å². The summed E-state index contributed by atoms with van der Waals surface area (Å²) in [5.74, 6) is 0. The highest BCUT2D eigenvalue weighted by molar-refractivity contribution is 8.00. The molecule has 0 atom stereocenters. The minimum Gasteiger partial charge on any atom is -0.379 e. The van der Waals surface area contributed by atoms with Crippen molar-refractivity contribution in [2.24, 2.45) is 0 Å². The molecule has 6 heteroatoms. The van der Waals surface area contributed by atoms with Crippen LogP contribution in [0.2, 0.25) is 0 Å². The Labute approximate surface area is 127 Å². The standard InChI is InChI=1S/C15H20F3NOS/c1-14(2,3)19-7-10-4-5-13(21-11-8-20-9-11)12(6-10)15(16,17)18/h4-6,11,19H,7-9H2,1-3H3. The molecule has 2 rings (SSSR count). The molecule has 1 fully saturated rings. The molecule has 21 heavy (non-hydrogen) atoms. The third-order valence-electron chi connectivity index (χ3n) is 3.07. The van der Waals surface area contributed by atoms with Gasteiger partial charge in [-0.05, 0) is 38.5 Å². The van der Waals surface area contributed by atoms with Crippen molar-refractivity contribution in [2.45, 2.75) is 49.2 Å². The summed E-state index contributed by atoms with van der Waals surface area (Å²) in [5.41, 5.74) is -0.0335. The maximum absolute atomic E-state index is 13.2. The molecule has 1 aliphatic rings. The third-order valence-corrected chi connectivity index (χ3v) is 4.29. The van der Waals surface area contributed by atoms with Gasteiger partial charge in [0.15, 0.2) is 0 Å². The van der Waals surface area contributed by atoms with E-state index in [0.717, 1.165) is 0 Å². The lowest BCUT2D eigenvalue weighted by atomic mass is 10.1. The number of hydrogen-bond acceptors (Lipinski definition) is 3. The lowest BCUT2D eigenvalue weighted by molar-refractivity contribution is -0.139. The average molecular weight is 319 g/mol. The van der Waals surface area contributed by atoms with E-state index in [2.05, 4.69) is 5.32 Å². The fourth-order valence-corrected chi connectivity index (χ4v) is 2.98. The van der Waals surface area contributed by atoms with Gasteiger partial charge in [-0.25, -0.2) is 0 Å². The largest absolute Gasteiger partial charge is 0.417 e. The van der Waals surface area contributed by atoms with Crippen LogP contribution in [0.3, 0.4) is 0 Å². The highest BCUT2D eigenvalue weighted by atomic mass is 32.2. The van der Waals surface area contributed by atoms with Crippen molar-refractivity contribution in [3.63, 3.8) is 0 Å². The van der Waals surface area contributed by atoms with E-state index >= 15 is 0 Å². The first-order chi connectivity index (χ1) is 9.65. The fraction of sp³-hybridized carbons (Fsp3) is 0.600. The van der Waals surface area contributed by atoms with Crippen molar-refractivity contribution < 1.29 is 17.9 Å². The highest BCUT2D eigenvalue weighted by Crippen LogP contribution is 2.40. The van der Waals surface area contributed by atoms with Crippen LogP contribution in [0.5, 0.6) is 0 Å². The van der Waals surface area contributed by atoms with E-state index in [9.17, 15) is 13.2 Å². The van der Waals surface area contributed by atoms with Crippen molar-refractivity contribution in [1.82, 2.24) is 5.32 Å². The molecule has 0 aromatic heterocycles. The molecule has 2 nitrogen and oxygen atoms in total. The van der Waals surface area contributed by atoms with Crippen LogP contribution in [0.4, 0.5) is 13.2 Å². The first-order valence-electron chi connectivity index (χ1n) is 6.85. The van der Waals surface area contributed by atoms with Crippen LogP contribution in [-0.2, 0) is 17.5 Å². The summed E-state index contributed by atoms with van der Waals surface area (Å²) in [7, 11) is 0. The van der Waals surface area contributed by atoms with Crippen molar-refractivity contribution in [2.75, 3.05) is 13.2 Å². The minimum absolute atomic E-state index is 0.129. The Kier molecular flexibility index (Phi) is 4.90. The second-order valence-corrected chi connectivity index (χ2v) is 7.55. The van der Waals surface area contributed by atoms with Gasteiger partial charge in [-0.15, -0.1) is 11.8 Å². The molecule has 0 spiro atoms. The van der Waals surface area contributed by atoms with Gasteiger partial charge in [0.2, 0.25) is 0 Å². The van der Waals surface area contributed by atoms with Gasteiger partial charge in [0.25, 0.3) is 0 Å². The molecule has 0 unspecified atom stereocenters. The fourth-order valence-electron chi connectivity index (χ4n) is 1.84. The third kappa shape index (κ3) is 4.90. The zero-order valence-electron chi connectivity index (χ0n) is 12.4. The summed E-state index contributed by atoms with van der Waals surface area (Å²) in [6, 6.07) is 4.59. The predicted molar refractivity (Wildman–Crippen MR) is 78.5 cm³/mol. The number of alkyl halides is 3. The van der Waals surface area contributed by atoms with Gasteiger partial charge in [-0.1, -0.05) is 6.07 Å². The molecule has 0 aliphatic carbocycles. The van der Waals surface area contributed by atoms with Gasteiger partial charge < -0.3 is 10.1 Å². The lowest BCUT2D eigenvalue weighted by Crippen LogP contribution is -2.35. The van der Waals surface area contributed by atoms with Crippen molar-refractivity contribution in [3.8, 4) is 0 Å². The smallest absolute Gasteiger partial charge is 0.379 e. The molecular formula is C15H20F3NOS. The van der Waals surface area contributed by atoms with E-state index in [1.165, 1.54) is 17.8 Å². The van der Waals surface area contributed by atoms with Gasteiger partial charge in [0.1, 0.15) is 0 Å². The molecule has 0 bridgehead atoms. The number of nitrogens with one attached hydrogen (secondary N) is 1. The highest BCUT2D eigenvalue weighted by Gasteiger charge is 2.35. The Morgan fingerprint density at radius 1 is 1.24 bits per heavy atom. The molecule has 1 N–H and O–H groups in total. The average Bonchev–Trinajstić information content (AvgIpc) is 2.29. The maximum atomic E-state index is 13.2. The van der Waals surface area contributed by atoms with E-state index < -0.39 is 11.7 Å². The molecule has 0 saturated carbocycles. The molecule has 1 saturated heterocycles. The quantitative estimate of drug-likeness (QED) is 0.903. The van der Waals surface area contributed by atoms with Crippen LogP contribution >= 0.6 is 11.8 Å². The van der Waals surface area contributed by atoms with E-state index in [1.807, 2.05) is 20.8 Å². The van der Waals surface area contributed by atoms with Crippen LogP contribution in [0.1, 0.15) is 31.9 Å². The Morgan fingerprint density at radius 3 is 2.38 bits per heavy atom. The molecule has 1 heterocycles. The van der Waals surface area contributed by atoms with E-state index in [0.29, 0.717) is 25.3 Å². The Bertz CT molecular complexity index is 493. The molecule has 1 aromatic carbocycles. The number of rotatable bonds is 4. The van der Waals surface area contributed by atoms with Crippen LogP contribution in [0.15, 0.2) is 23.1 Å². The number of benzene rings is 1. The summed E-state index contributed by atoms with van der Waals surface area (Å²) in [6.07, 6.45) is -4.33. The van der Waals surface area contributed by atoms with Gasteiger partial charge >= 0.3 is 6.18 Å². The van der Waals surface area contributed by atoms with Gasteiger partial charge in [-0.3, -0.25) is 0 Å². The SMILES string of the molecule is CC(C)(C)NCc1ccc(SC2COC2)c(C(F)(F)F)c1. The predicted octanol–water partition coefficient (Wildman–Crippen LogP) is 4.08. The van der Waals surface area contributed by atoms with E-state index in [-0.39, 0.29) is 15.7 Å². The Balaban J connectivity index is 2.18. The number of hydrogen-bond donors (Lipinski definition) is 1. The monoisotopic (exact) mass is 319 g/mol. The molecule has 1 aromatic rings. The van der Waals surface area contributed by atoms with Crippen LogP contribution in [0.25, 0.3) is 0 Å². The maximum Gasteiger partial charge on any atom is 0.417 e. The second kappa shape index (κ2) is 6.18. The molecule has 0 radical (unpaired) electrons. The van der Waals surface area contributed by atoms with Gasteiger partial charge in [0.05, 0.1) is 24.0 Å². The summed E-state index contributed by atoms with van der Waals surface area (Å²) in [6.45, 7) is 7.42. The zero-order valence-corrected chi connectivity index (χ0v) is 13.2. The summed E-state index contributed by atoms with van der Waals surface area (Å²) >= 11 is 1.25. The number of thioether (sulfide) groups is 1. The topological polar surface area (TPSA) is 21.3 Å². The van der Waals surface area contributed by atoms with Gasteiger partial charge in [-0.2, -0.15) is 13.2 Å². The summed E-state index contributed by atoms with van der Waals surface area (Å²) in [4.78, 5) is 0.287. The zero-order chi connectivity index (χ0) is 15.7. The minimum atomic E-state index is -4.33. The van der Waals surface area contributed by atoms with Gasteiger partial charge in [0, 0.05) is 17.0 Å². The summed E-state index contributed by atoms with van der Waals surface area (Å²) < 4.78 is 44.7. The number of halogens is 3. The molecular weight excluding hydrogens is 299 g/mol. The molecule has 1 aliphatic heterocycles. The summed E-state index contributed by atoms with van der Waals surface area (Å²) in [5, 5.41) is 3.33. The number of ether oxygens (including phenoxy) is 1. The van der Waals surface area contributed by atoms with Crippen LogP contribution < -0.4 is 5.32 Å². The molecule has 118 valence electrons. The van der Waals surface area contributed by atoms with Crippen molar-refractivity contribution in [1.29, 1.82) is 0 Å².